The first-order valence-corrected chi connectivity index (χ1v) is 18.5. The number of imide groups is 1. The van der Waals surface area contributed by atoms with Gasteiger partial charge in [-0.2, -0.15) is 0 Å². The van der Waals surface area contributed by atoms with Gasteiger partial charge in [0.1, 0.15) is 23.3 Å². The van der Waals surface area contributed by atoms with E-state index in [0.717, 1.165) is 63.8 Å². The molecular formula is C45H40N4O6. The molecule has 3 aliphatic rings. The molecule has 0 radical (unpaired) electrons. The summed E-state index contributed by atoms with van der Waals surface area (Å²) in [5, 5.41) is 12.5. The zero-order valence-corrected chi connectivity index (χ0v) is 30.4. The van der Waals surface area contributed by atoms with Crippen LogP contribution in [0.3, 0.4) is 0 Å². The second kappa shape index (κ2) is 15.0. The molecule has 10 heteroatoms. The summed E-state index contributed by atoms with van der Waals surface area (Å²) >= 11 is 0. The first-order valence-electron chi connectivity index (χ1n) is 18.5. The normalized spacial score (nSPS) is 17.5. The minimum absolute atomic E-state index is 0.0853. The Balaban J connectivity index is 0.944. The lowest BCUT2D eigenvalue weighted by molar-refractivity contribution is -0.133. The number of piperazine rings is 1. The minimum atomic E-state index is -1.12. The van der Waals surface area contributed by atoms with E-state index in [4.69, 9.17) is 4.74 Å². The quantitative estimate of drug-likeness (QED) is 0.124. The van der Waals surface area contributed by atoms with Crippen molar-refractivity contribution < 1.29 is 29.0 Å². The van der Waals surface area contributed by atoms with E-state index >= 15 is 0 Å². The van der Waals surface area contributed by atoms with Crippen molar-refractivity contribution in [3.63, 3.8) is 0 Å². The van der Waals surface area contributed by atoms with Gasteiger partial charge in [-0.05, 0) is 88.9 Å². The third kappa shape index (κ3) is 7.06. The Morgan fingerprint density at radius 2 is 1.31 bits per heavy atom. The van der Waals surface area contributed by atoms with Crippen LogP contribution < -0.4 is 19.9 Å². The summed E-state index contributed by atoms with van der Waals surface area (Å²) in [5.41, 5.74) is 7.90. The number of phenolic OH excluding ortho intramolecular Hbond substituents is 1. The number of hydrogen-bond donors (Lipinski definition) is 2. The lowest BCUT2D eigenvalue weighted by atomic mass is 9.88. The van der Waals surface area contributed by atoms with Gasteiger partial charge in [0.05, 0.1) is 17.7 Å². The van der Waals surface area contributed by atoms with Gasteiger partial charge in [-0.3, -0.25) is 24.1 Å². The smallest absolute Gasteiger partial charge is 0.262 e. The van der Waals surface area contributed by atoms with E-state index in [1.165, 1.54) is 5.57 Å². The second-order valence-corrected chi connectivity index (χ2v) is 13.9. The van der Waals surface area contributed by atoms with Crippen molar-refractivity contribution in [3.05, 3.63) is 149 Å². The average molecular weight is 733 g/mol. The predicted molar refractivity (Wildman–Crippen MR) is 212 cm³/mol. The predicted octanol–water partition coefficient (Wildman–Crippen LogP) is 6.93. The molecule has 1 atom stereocenters. The second-order valence-electron chi connectivity index (χ2n) is 13.9. The number of hydrogen-bond acceptors (Lipinski definition) is 8. The van der Waals surface area contributed by atoms with Crippen LogP contribution in [0, 0.1) is 0 Å². The van der Waals surface area contributed by atoms with Gasteiger partial charge in [0.2, 0.25) is 5.91 Å². The number of phenols is 1. The molecule has 0 aliphatic carbocycles. The number of ether oxygens (including phenoxy) is 1. The summed E-state index contributed by atoms with van der Waals surface area (Å²) in [5.74, 6) is -0.138. The molecule has 0 aromatic heterocycles. The van der Waals surface area contributed by atoms with Crippen LogP contribution in [0.15, 0.2) is 121 Å². The molecule has 0 spiro atoms. The first-order chi connectivity index (χ1) is 26.8. The Hall–Kier alpha value is -6.68. The summed E-state index contributed by atoms with van der Waals surface area (Å²) in [4.78, 5) is 56.4. The highest BCUT2D eigenvalue weighted by molar-refractivity contribution is 6.23. The van der Waals surface area contributed by atoms with E-state index in [1.54, 1.807) is 24.3 Å². The molecule has 3 amide bonds. The SMILES string of the molecule is CCC(=C(c1ccc(O)cc1)c1ccc(Oc2cccc(N3CCN(c4ccc5c(c4)C(=O)N(C4CC(=O)CNC4=O)C5=O)CC3)c2)cc1)c1ccccc1. The molecule has 55 heavy (non-hydrogen) atoms. The third-order valence-corrected chi connectivity index (χ3v) is 10.5. The van der Waals surface area contributed by atoms with Crippen molar-refractivity contribution >= 4 is 46.0 Å². The first kappa shape index (κ1) is 35.4. The highest BCUT2D eigenvalue weighted by Gasteiger charge is 2.45. The van der Waals surface area contributed by atoms with E-state index in [2.05, 4.69) is 52.4 Å². The van der Waals surface area contributed by atoms with Crippen LogP contribution in [0.4, 0.5) is 11.4 Å². The molecule has 5 aromatic carbocycles. The molecule has 10 nitrogen and oxygen atoms in total. The number of allylic oxidation sites excluding steroid dienone is 1. The highest BCUT2D eigenvalue weighted by atomic mass is 16.5. The van der Waals surface area contributed by atoms with Crippen molar-refractivity contribution in [3.8, 4) is 17.2 Å². The molecule has 0 saturated carbocycles. The number of ketones is 1. The standard InChI is InChI=1S/C45H40N4O6/c1-2-38(29-7-4-3-5-8-29)42(30-11-16-34(50)17-12-30)31-13-18-36(19-14-31)55-37-10-6-9-32(25-37)47-21-23-48(24-22-47)33-15-20-39-40(26-33)45(54)49(44(39)53)41-27-35(51)28-46-43(41)52/h3-20,25-26,41,50H,2,21-24,27-28H2,1H3,(H,46,52). The van der Waals surface area contributed by atoms with Crippen LogP contribution in [0.25, 0.3) is 11.1 Å². The summed E-state index contributed by atoms with van der Waals surface area (Å²) in [7, 11) is 0. The van der Waals surface area contributed by atoms with Gasteiger partial charge in [0.25, 0.3) is 11.8 Å². The molecule has 276 valence electrons. The van der Waals surface area contributed by atoms with E-state index in [1.807, 2.05) is 66.7 Å². The Morgan fingerprint density at radius 1 is 0.673 bits per heavy atom. The number of nitrogens with one attached hydrogen (secondary N) is 1. The van der Waals surface area contributed by atoms with E-state index in [9.17, 15) is 24.3 Å². The maximum atomic E-state index is 13.4. The van der Waals surface area contributed by atoms with Gasteiger partial charge < -0.3 is 25.0 Å². The molecular weight excluding hydrogens is 693 g/mol. The molecule has 2 saturated heterocycles. The number of aromatic hydroxyl groups is 1. The van der Waals surface area contributed by atoms with Crippen molar-refractivity contribution in [2.45, 2.75) is 25.8 Å². The van der Waals surface area contributed by atoms with Gasteiger partial charge in [-0.1, -0.05) is 67.6 Å². The van der Waals surface area contributed by atoms with Crippen LogP contribution in [0.2, 0.25) is 0 Å². The summed E-state index contributed by atoms with van der Waals surface area (Å²) in [6, 6.07) is 37.9. The Bertz CT molecular complexity index is 2310. The maximum Gasteiger partial charge on any atom is 0.262 e. The number of carbonyl (C=O) groups is 4. The van der Waals surface area contributed by atoms with Crippen LogP contribution in [-0.2, 0) is 9.59 Å². The summed E-state index contributed by atoms with van der Waals surface area (Å²) in [6.45, 7) is 4.91. The molecule has 2 fully saturated rings. The number of amides is 3. The molecule has 3 heterocycles. The van der Waals surface area contributed by atoms with Gasteiger partial charge in [0, 0.05) is 50.0 Å². The van der Waals surface area contributed by atoms with Crippen molar-refractivity contribution in [2.75, 3.05) is 42.5 Å². The lowest BCUT2D eigenvalue weighted by Gasteiger charge is -2.37. The number of benzene rings is 5. The largest absolute Gasteiger partial charge is 0.508 e. The fraction of sp³-hybridized carbons (Fsp3) is 0.200. The fourth-order valence-electron chi connectivity index (χ4n) is 7.72. The minimum Gasteiger partial charge on any atom is -0.508 e. The summed E-state index contributed by atoms with van der Waals surface area (Å²) < 4.78 is 6.36. The molecule has 8 rings (SSSR count). The molecule has 5 aromatic rings. The van der Waals surface area contributed by atoms with E-state index in [0.29, 0.717) is 18.8 Å². The molecule has 0 bridgehead atoms. The number of nitrogens with zero attached hydrogens (tertiary/aromatic N) is 3. The summed E-state index contributed by atoms with van der Waals surface area (Å²) in [6.07, 6.45) is 0.665. The highest BCUT2D eigenvalue weighted by Crippen LogP contribution is 2.37. The fourth-order valence-corrected chi connectivity index (χ4v) is 7.72. The van der Waals surface area contributed by atoms with Crippen molar-refractivity contribution in [1.82, 2.24) is 10.2 Å². The number of anilines is 2. The number of piperidine rings is 1. The number of Topliss-reactive ketones (excluding diaryl/α,β-unsaturated/α-hetero) is 1. The van der Waals surface area contributed by atoms with Gasteiger partial charge >= 0.3 is 0 Å². The molecule has 3 aliphatic heterocycles. The zero-order valence-electron chi connectivity index (χ0n) is 30.4. The van der Waals surface area contributed by atoms with E-state index < -0.39 is 23.8 Å². The lowest BCUT2D eigenvalue weighted by Crippen LogP contribution is -2.55. The van der Waals surface area contributed by atoms with Crippen LogP contribution in [0.1, 0.15) is 57.2 Å². The van der Waals surface area contributed by atoms with Crippen molar-refractivity contribution in [1.29, 1.82) is 0 Å². The van der Waals surface area contributed by atoms with Gasteiger partial charge in [-0.25, -0.2) is 0 Å². The Morgan fingerprint density at radius 3 is 1.98 bits per heavy atom. The number of fused-ring (bicyclic) bond motifs is 1. The third-order valence-electron chi connectivity index (χ3n) is 10.5. The maximum absolute atomic E-state index is 13.4. The van der Waals surface area contributed by atoms with Gasteiger partial charge in [-0.15, -0.1) is 0 Å². The van der Waals surface area contributed by atoms with E-state index in [-0.39, 0.29) is 35.6 Å². The van der Waals surface area contributed by atoms with Crippen LogP contribution in [0.5, 0.6) is 17.2 Å². The van der Waals surface area contributed by atoms with Gasteiger partial charge in [0.15, 0.2) is 5.78 Å². The van der Waals surface area contributed by atoms with Crippen LogP contribution in [-0.4, -0.2) is 72.3 Å². The number of rotatable bonds is 9. The topological polar surface area (TPSA) is 119 Å². The molecule has 1 unspecified atom stereocenters. The Kier molecular flexibility index (Phi) is 9.63. The molecule has 2 N–H and O–H groups in total. The van der Waals surface area contributed by atoms with Crippen molar-refractivity contribution in [2.24, 2.45) is 0 Å². The monoisotopic (exact) mass is 732 g/mol. The number of carbonyl (C=O) groups excluding carboxylic acids is 4. The average Bonchev–Trinajstić information content (AvgIpc) is 3.47. The zero-order chi connectivity index (χ0) is 38.1. The Labute approximate surface area is 319 Å². The van der Waals surface area contributed by atoms with Crippen LogP contribution >= 0.6 is 0 Å².